The smallest absolute Gasteiger partial charge is 0.250 e. The topological polar surface area (TPSA) is 93.2 Å². The molecule has 0 saturated carbocycles. The molecule has 3 rings (SSSR count). The maximum atomic E-state index is 12.4. The Balaban J connectivity index is 1.94. The number of nitrogen functional groups attached to an aromatic ring is 1. The zero-order valence-corrected chi connectivity index (χ0v) is 17.5. The van der Waals surface area contributed by atoms with Crippen LogP contribution in [0.4, 0.5) is 11.5 Å². The van der Waals surface area contributed by atoms with Crippen molar-refractivity contribution < 1.29 is 4.79 Å². The number of carbonyl (C=O) groups excluding carboxylic acids is 1. The first-order chi connectivity index (χ1) is 12.9. The summed E-state index contributed by atoms with van der Waals surface area (Å²) < 4.78 is 2.43. The van der Waals surface area contributed by atoms with Crippen LogP contribution in [-0.2, 0) is 4.79 Å². The lowest BCUT2D eigenvalue weighted by molar-refractivity contribution is -0.113. The highest BCUT2D eigenvalue weighted by atomic mass is 127. The number of anilines is 2. The van der Waals surface area contributed by atoms with Gasteiger partial charge in [-0.15, -0.1) is 0 Å². The molecule has 1 amide bonds. The number of halogens is 1. The van der Waals surface area contributed by atoms with Gasteiger partial charge in [-0.25, -0.2) is 14.6 Å². The minimum absolute atomic E-state index is 0.0968. The van der Waals surface area contributed by atoms with Gasteiger partial charge in [-0.05, 0) is 54.9 Å². The number of hydrogen-bond acceptors (Lipinski definition) is 6. The summed E-state index contributed by atoms with van der Waals surface area (Å²) in [6.07, 6.45) is 4.83. The van der Waals surface area contributed by atoms with Gasteiger partial charge >= 0.3 is 0 Å². The summed E-state index contributed by atoms with van der Waals surface area (Å²) in [6.45, 7) is 0.707. The quantitative estimate of drug-likeness (QED) is 0.447. The largest absolute Gasteiger partial charge is 0.383 e. The fourth-order valence-corrected chi connectivity index (χ4v) is 3.28. The first-order valence-corrected chi connectivity index (χ1v) is 9.30. The first-order valence-electron chi connectivity index (χ1n) is 8.22. The standard InChI is InChI=1S/C18H20IN7O/c1-24(2)9-5-8-14(27)25(3)12-6-4-7-13(10-12)26-18-15(16(19)23-26)17(20)21-11-22-18/h4-8,10-11H,9H2,1-3H3,(H2,20,21,22). The zero-order valence-electron chi connectivity index (χ0n) is 15.3. The number of fused-ring (bicyclic) bond motifs is 1. The minimum atomic E-state index is -0.0968. The molecular weight excluding hydrogens is 457 g/mol. The van der Waals surface area contributed by atoms with E-state index < -0.39 is 0 Å². The van der Waals surface area contributed by atoms with E-state index in [1.54, 1.807) is 22.7 Å². The molecule has 1 aromatic carbocycles. The Bertz CT molecular complexity index is 1010. The molecule has 3 aromatic rings. The van der Waals surface area contributed by atoms with Crippen LogP contribution < -0.4 is 10.6 Å². The number of nitrogens with two attached hydrogens (primary N) is 1. The van der Waals surface area contributed by atoms with Crippen LogP contribution in [0.3, 0.4) is 0 Å². The van der Waals surface area contributed by atoms with Crippen LogP contribution >= 0.6 is 22.6 Å². The van der Waals surface area contributed by atoms with Gasteiger partial charge in [-0.3, -0.25) is 4.79 Å². The van der Waals surface area contributed by atoms with Gasteiger partial charge in [-0.1, -0.05) is 12.1 Å². The number of likely N-dealkylation sites (N-methyl/N-ethyl adjacent to an activating group) is 2. The Morgan fingerprint density at radius 1 is 1.30 bits per heavy atom. The van der Waals surface area contributed by atoms with Gasteiger partial charge < -0.3 is 15.5 Å². The monoisotopic (exact) mass is 477 g/mol. The third kappa shape index (κ3) is 4.08. The van der Waals surface area contributed by atoms with Crippen LogP contribution in [0.5, 0.6) is 0 Å². The molecule has 2 aromatic heterocycles. The average molecular weight is 477 g/mol. The molecule has 9 heteroatoms. The van der Waals surface area contributed by atoms with Gasteiger partial charge in [0.1, 0.15) is 15.8 Å². The summed E-state index contributed by atoms with van der Waals surface area (Å²) in [5.41, 5.74) is 8.13. The Morgan fingerprint density at radius 3 is 2.81 bits per heavy atom. The fraction of sp³-hybridized carbons (Fsp3) is 0.222. The van der Waals surface area contributed by atoms with Crippen molar-refractivity contribution in [3.8, 4) is 5.69 Å². The van der Waals surface area contributed by atoms with Crippen molar-refractivity contribution in [2.45, 2.75) is 0 Å². The molecule has 0 aliphatic rings. The second-order valence-electron chi connectivity index (χ2n) is 6.24. The summed E-state index contributed by atoms with van der Waals surface area (Å²) in [6, 6.07) is 7.55. The zero-order chi connectivity index (χ0) is 19.6. The van der Waals surface area contributed by atoms with E-state index in [-0.39, 0.29) is 5.91 Å². The van der Waals surface area contributed by atoms with Crippen molar-refractivity contribution in [3.05, 3.63) is 46.4 Å². The summed E-state index contributed by atoms with van der Waals surface area (Å²) in [4.78, 5) is 24.3. The van der Waals surface area contributed by atoms with Crippen LogP contribution in [0.1, 0.15) is 0 Å². The number of hydrogen-bond donors (Lipinski definition) is 1. The second-order valence-corrected chi connectivity index (χ2v) is 7.26. The molecule has 0 spiro atoms. The van der Waals surface area contributed by atoms with Crippen molar-refractivity contribution in [3.63, 3.8) is 0 Å². The third-order valence-electron chi connectivity index (χ3n) is 3.97. The molecule has 0 aliphatic carbocycles. The number of nitrogens with zero attached hydrogens (tertiary/aromatic N) is 6. The number of benzene rings is 1. The van der Waals surface area contributed by atoms with Gasteiger partial charge in [0, 0.05) is 25.4 Å². The van der Waals surface area contributed by atoms with E-state index in [4.69, 9.17) is 5.73 Å². The van der Waals surface area contributed by atoms with Gasteiger partial charge in [0.25, 0.3) is 0 Å². The Kier molecular flexibility index (Phi) is 5.71. The Labute approximate surface area is 170 Å². The minimum Gasteiger partial charge on any atom is -0.383 e. The van der Waals surface area contributed by atoms with Crippen LogP contribution in [-0.4, -0.2) is 58.2 Å². The van der Waals surface area contributed by atoms with Crippen LogP contribution in [0.15, 0.2) is 42.7 Å². The van der Waals surface area contributed by atoms with Gasteiger partial charge in [-0.2, -0.15) is 5.10 Å². The molecule has 0 fully saturated rings. The van der Waals surface area contributed by atoms with E-state index >= 15 is 0 Å². The van der Waals surface area contributed by atoms with Crippen molar-refractivity contribution in [1.82, 2.24) is 24.6 Å². The van der Waals surface area contributed by atoms with E-state index in [9.17, 15) is 4.79 Å². The van der Waals surface area contributed by atoms with Gasteiger partial charge in [0.15, 0.2) is 5.65 Å². The average Bonchev–Trinajstić information content (AvgIpc) is 2.99. The first kappa shape index (κ1) is 19.2. The lowest BCUT2D eigenvalue weighted by Gasteiger charge is -2.16. The Hall–Kier alpha value is -2.53. The number of aromatic nitrogens is 4. The highest BCUT2D eigenvalue weighted by molar-refractivity contribution is 14.1. The maximum absolute atomic E-state index is 12.4. The molecule has 27 heavy (non-hydrogen) atoms. The lowest BCUT2D eigenvalue weighted by atomic mass is 10.2. The molecule has 0 aliphatic heterocycles. The van der Waals surface area contributed by atoms with Crippen molar-refractivity contribution in [2.75, 3.05) is 38.3 Å². The van der Waals surface area contributed by atoms with E-state index in [0.717, 1.165) is 20.5 Å². The van der Waals surface area contributed by atoms with E-state index in [1.165, 1.54) is 6.33 Å². The highest BCUT2D eigenvalue weighted by Crippen LogP contribution is 2.26. The molecule has 0 atom stereocenters. The molecule has 8 nitrogen and oxygen atoms in total. The number of rotatable bonds is 5. The molecule has 2 N–H and O–H groups in total. The van der Waals surface area contributed by atoms with Crippen LogP contribution in [0.25, 0.3) is 16.7 Å². The Morgan fingerprint density at radius 2 is 2.07 bits per heavy atom. The summed E-state index contributed by atoms with van der Waals surface area (Å²) in [5, 5.41) is 5.25. The molecular formula is C18H20IN7O. The second kappa shape index (κ2) is 8.01. The predicted molar refractivity (Wildman–Crippen MR) is 115 cm³/mol. The number of carbonyl (C=O) groups is 1. The maximum Gasteiger partial charge on any atom is 0.250 e. The summed E-state index contributed by atoms with van der Waals surface area (Å²) >= 11 is 2.11. The number of amides is 1. The molecule has 140 valence electrons. The molecule has 0 saturated heterocycles. The van der Waals surface area contributed by atoms with E-state index in [2.05, 4.69) is 37.7 Å². The third-order valence-corrected chi connectivity index (χ3v) is 4.73. The van der Waals surface area contributed by atoms with Crippen LogP contribution in [0, 0.1) is 3.70 Å². The van der Waals surface area contributed by atoms with Crippen molar-refractivity contribution in [1.29, 1.82) is 0 Å². The van der Waals surface area contributed by atoms with Crippen LogP contribution in [0.2, 0.25) is 0 Å². The SMILES string of the molecule is CN(C)CC=CC(=O)N(C)c1cccc(-n2nc(I)c3c(N)ncnc32)c1. The van der Waals surface area contributed by atoms with Crippen molar-refractivity contribution in [2.24, 2.45) is 0 Å². The van der Waals surface area contributed by atoms with Gasteiger partial charge in [0.2, 0.25) is 5.91 Å². The van der Waals surface area contributed by atoms with Gasteiger partial charge in [0.05, 0.1) is 11.1 Å². The molecule has 0 radical (unpaired) electrons. The van der Waals surface area contributed by atoms with E-state index in [1.807, 2.05) is 49.3 Å². The summed E-state index contributed by atoms with van der Waals surface area (Å²) in [7, 11) is 5.65. The predicted octanol–water partition coefficient (Wildman–Crippen LogP) is 2.08. The highest BCUT2D eigenvalue weighted by Gasteiger charge is 2.16. The molecule has 2 heterocycles. The lowest BCUT2D eigenvalue weighted by Crippen LogP contribution is -2.24. The van der Waals surface area contributed by atoms with E-state index in [0.29, 0.717) is 18.0 Å². The molecule has 0 unspecified atom stereocenters. The van der Waals surface area contributed by atoms with Crippen molar-refractivity contribution >= 4 is 51.0 Å². The normalized spacial score (nSPS) is 11.6. The summed E-state index contributed by atoms with van der Waals surface area (Å²) in [5.74, 6) is 0.297. The molecule has 0 bridgehead atoms. The fourth-order valence-electron chi connectivity index (χ4n) is 2.55.